The van der Waals surface area contributed by atoms with Gasteiger partial charge in [0.1, 0.15) is 17.3 Å². The summed E-state index contributed by atoms with van der Waals surface area (Å²) >= 11 is 0. The van der Waals surface area contributed by atoms with Gasteiger partial charge < -0.3 is 4.74 Å². The van der Waals surface area contributed by atoms with Crippen LogP contribution in [0.25, 0.3) is 0 Å². The van der Waals surface area contributed by atoms with Crippen LogP contribution in [0.4, 0.5) is 4.39 Å². The van der Waals surface area contributed by atoms with E-state index in [2.05, 4.69) is 13.8 Å². The van der Waals surface area contributed by atoms with Crippen molar-refractivity contribution in [2.45, 2.75) is 19.8 Å². The third kappa shape index (κ3) is 3.06. The molecule has 0 saturated heterocycles. The van der Waals surface area contributed by atoms with Gasteiger partial charge in [0.2, 0.25) is 0 Å². The first kappa shape index (κ1) is 11.6. The number of rotatable bonds is 3. The van der Waals surface area contributed by atoms with Gasteiger partial charge in [0, 0.05) is 6.07 Å². The molecule has 0 radical (unpaired) electrons. The molecular weight excluding hydrogens is 215 g/mol. The summed E-state index contributed by atoms with van der Waals surface area (Å²) in [5.41, 5.74) is 1.26. The first-order valence-corrected chi connectivity index (χ1v) is 5.68. The lowest BCUT2D eigenvalue weighted by atomic mass is 10.0. The van der Waals surface area contributed by atoms with E-state index in [4.69, 9.17) is 4.74 Å². The largest absolute Gasteiger partial charge is 0.457 e. The monoisotopic (exact) mass is 230 g/mol. The fraction of sp³-hybridized carbons (Fsp3) is 0.200. The molecular formula is C15H15FO. The summed E-state index contributed by atoms with van der Waals surface area (Å²) in [5, 5.41) is 0. The molecule has 0 unspecified atom stereocenters. The Morgan fingerprint density at radius 1 is 0.941 bits per heavy atom. The lowest BCUT2D eigenvalue weighted by Crippen LogP contribution is -1.88. The van der Waals surface area contributed by atoms with Gasteiger partial charge in [-0.2, -0.15) is 0 Å². The predicted octanol–water partition coefficient (Wildman–Crippen LogP) is 4.74. The molecule has 0 saturated carbocycles. The van der Waals surface area contributed by atoms with Crippen molar-refractivity contribution in [2.75, 3.05) is 0 Å². The van der Waals surface area contributed by atoms with Gasteiger partial charge in [-0.05, 0) is 35.7 Å². The summed E-state index contributed by atoms with van der Waals surface area (Å²) in [6.07, 6.45) is 0. The van der Waals surface area contributed by atoms with Crippen LogP contribution in [0.1, 0.15) is 25.3 Å². The van der Waals surface area contributed by atoms with E-state index >= 15 is 0 Å². The summed E-state index contributed by atoms with van der Waals surface area (Å²) < 4.78 is 18.5. The van der Waals surface area contributed by atoms with Crippen molar-refractivity contribution in [1.29, 1.82) is 0 Å². The van der Waals surface area contributed by atoms with E-state index in [0.717, 1.165) is 5.75 Å². The molecule has 0 aliphatic carbocycles. The Labute approximate surface area is 101 Å². The Morgan fingerprint density at radius 2 is 1.65 bits per heavy atom. The van der Waals surface area contributed by atoms with Crippen LogP contribution in [0.15, 0.2) is 48.5 Å². The summed E-state index contributed by atoms with van der Waals surface area (Å²) in [6, 6.07) is 14.0. The highest BCUT2D eigenvalue weighted by Gasteiger charge is 2.01. The van der Waals surface area contributed by atoms with Gasteiger partial charge in [0.25, 0.3) is 0 Å². The molecule has 2 aromatic rings. The number of hydrogen-bond acceptors (Lipinski definition) is 1. The molecule has 2 heteroatoms. The smallest absolute Gasteiger partial charge is 0.130 e. The maximum absolute atomic E-state index is 13.0. The van der Waals surface area contributed by atoms with Gasteiger partial charge in [-0.1, -0.05) is 32.0 Å². The summed E-state index contributed by atoms with van der Waals surface area (Å²) in [4.78, 5) is 0. The maximum Gasteiger partial charge on any atom is 0.130 e. The highest BCUT2D eigenvalue weighted by Crippen LogP contribution is 2.24. The van der Waals surface area contributed by atoms with Gasteiger partial charge in [0.15, 0.2) is 0 Å². The molecule has 0 spiro atoms. The minimum atomic E-state index is -0.290. The van der Waals surface area contributed by atoms with Crippen molar-refractivity contribution < 1.29 is 9.13 Å². The molecule has 2 aromatic carbocycles. The topological polar surface area (TPSA) is 9.23 Å². The molecule has 88 valence electrons. The van der Waals surface area contributed by atoms with E-state index in [1.165, 1.54) is 17.7 Å². The second-order valence-corrected chi connectivity index (χ2v) is 4.28. The van der Waals surface area contributed by atoms with Crippen LogP contribution >= 0.6 is 0 Å². The quantitative estimate of drug-likeness (QED) is 0.739. The zero-order valence-electron chi connectivity index (χ0n) is 9.98. The Kier molecular flexibility index (Phi) is 3.43. The minimum absolute atomic E-state index is 0.290. The van der Waals surface area contributed by atoms with Crippen LogP contribution in [0.5, 0.6) is 11.5 Å². The fourth-order valence-electron chi connectivity index (χ4n) is 1.59. The number of halogens is 1. The third-order valence-electron chi connectivity index (χ3n) is 2.58. The van der Waals surface area contributed by atoms with Crippen LogP contribution < -0.4 is 4.74 Å². The van der Waals surface area contributed by atoms with Gasteiger partial charge >= 0.3 is 0 Å². The summed E-state index contributed by atoms with van der Waals surface area (Å²) in [7, 11) is 0. The normalized spacial score (nSPS) is 10.6. The molecule has 1 nitrogen and oxygen atoms in total. The van der Waals surface area contributed by atoms with E-state index in [1.54, 1.807) is 12.1 Å². The van der Waals surface area contributed by atoms with Crippen molar-refractivity contribution in [3.05, 3.63) is 59.9 Å². The van der Waals surface area contributed by atoms with Gasteiger partial charge in [0.05, 0.1) is 0 Å². The average Bonchev–Trinajstić information content (AvgIpc) is 2.29. The second-order valence-electron chi connectivity index (χ2n) is 4.28. The van der Waals surface area contributed by atoms with Crippen molar-refractivity contribution in [2.24, 2.45) is 0 Å². The summed E-state index contributed by atoms with van der Waals surface area (Å²) in [5.74, 6) is 1.45. The molecule has 0 atom stereocenters. The average molecular weight is 230 g/mol. The molecule has 17 heavy (non-hydrogen) atoms. The van der Waals surface area contributed by atoms with Crippen LogP contribution in [0.3, 0.4) is 0 Å². The molecule has 0 heterocycles. The fourth-order valence-corrected chi connectivity index (χ4v) is 1.59. The zero-order chi connectivity index (χ0) is 12.3. The van der Waals surface area contributed by atoms with E-state index in [0.29, 0.717) is 11.7 Å². The predicted molar refractivity (Wildman–Crippen MR) is 67.0 cm³/mol. The molecule has 0 fully saturated rings. The molecule has 0 N–H and O–H groups in total. The Balaban J connectivity index is 2.14. The Morgan fingerprint density at radius 3 is 2.24 bits per heavy atom. The first-order valence-electron chi connectivity index (χ1n) is 5.68. The van der Waals surface area contributed by atoms with E-state index in [1.807, 2.05) is 24.3 Å². The standard InChI is InChI=1S/C15H15FO/c1-11(2)12-6-8-14(9-7-12)17-15-5-3-4-13(16)10-15/h3-11H,1-2H3. The number of benzene rings is 2. The summed E-state index contributed by atoms with van der Waals surface area (Å²) in [6.45, 7) is 4.28. The molecule has 0 amide bonds. The van der Waals surface area contributed by atoms with Gasteiger partial charge in [-0.25, -0.2) is 4.39 Å². The lowest BCUT2D eigenvalue weighted by molar-refractivity contribution is 0.476. The molecule has 0 bridgehead atoms. The highest BCUT2D eigenvalue weighted by molar-refractivity contribution is 5.34. The molecule has 0 aromatic heterocycles. The van der Waals surface area contributed by atoms with Crippen molar-refractivity contribution in [3.8, 4) is 11.5 Å². The Hall–Kier alpha value is -1.83. The van der Waals surface area contributed by atoms with Crippen LogP contribution in [-0.4, -0.2) is 0 Å². The van der Waals surface area contributed by atoms with Crippen LogP contribution in [0, 0.1) is 5.82 Å². The molecule has 0 aliphatic heterocycles. The van der Waals surface area contributed by atoms with Gasteiger partial charge in [-0.3, -0.25) is 0 Å². The van der Waals surface area contributed by atoms with Crippen molar-refractivity contribution in [3.63, 3.8) is 0 Å². The van der Waals surface area contributed by atoms with E-state index in [-0.39, 0.29) is 5.82 Å². The number of ether oxygens (including phenoxy) is 1. The van der Waals surface area contributed by atoms with Crippen LogP contribution in [-0.2, 0) is 0 Å². The van der Waals surface area contributed by atoms with Crippen LogP contribution in [0.2, 0.25) is 0 Å². The van der Waals surface area contributed by atoms with E-state index < -0.39 is 0 Å². The minimum Gasteiger partial charge on any atom is -0.457 e. The maximum atomic E-state index is 13.0. The SMILES string of the molecule is CC(C)c1ccc(Oc2cccc(F)c2)cc1. The Bertz CT molecular complexity index is 489. The van der Waals surface area contributed by atoms with E-state index in [9.17, 15) is 4.39 Å². The van der Waals surface area contributed by atoms with Gasteiger partial charge in [-0.15, -0.1) is 0 Å². The second kappa shape index (κ2) is 5.00. The zero-order valence-corrected chi connectivity index (χ0v) is 9.98. The molecule has 2 rings (SSSR count). The molecule has 0 aliphatic rings. The van der Waals surface area contributed by atoms with Crippen molar-refractivity contribution >= 4 is 0 Å². The van der Waals surface area contributed by atoms with Crippen molar-refractivity contribution in [1.82, 2.24) is 0 Å². The highest BCUT2D eigenvalue weighted by atomic mass is 19.1. The lowest BCUT2D eigenvalue weighted by Gasteiger charge is -2.08. The number of hydrogen-bond donors (Lipinski definition) is 0. The first-order chi connectivity index (χ1) is 8.15. The third-order valence-corrected chi connectivity index (χ3v) is 2.58.